The first-order chi connectivity index (χ1) is 8.71. The summed E-state index contributed by atoms with van der Waals surface area (Å²) in [4.78, 5) is 0. The lowest BCUT2D eigenvalue weighted by molar-refractivity contribution is -0.529. The zero-order valence-corrected chi connectivity index (χ0v) is 11.7. The lowest BCUT2D eigenvalue weighted by atomic mass is 9.96. The number of rotatable bonds is 4. The molecule has 1 aliphatic rings. The Labute approximate surface area is 109 Å². The van der Waals surface area contributed by atoms with Crippen LogP contribution in [0.2, 0.25) is 0 Å². The predicted octanol–water partition coefficient (Wildman–Crippen LogP) is 2.49. The number of hydrogen-bond donors (Lipinski definition) is 0. The summed E-state index contributed by atoms with van der Waals surface area (Å²) in [6, 6.07) is 4.21. The summed E-state index contributed by atoms with van der Waals surface area (Å²) in [6.07, 6.45) is 2.26. The van der Waals surface area contributed by atoms with Gasteiger partial charge in [-0.1, -0.05) is 6.92 Å². The number of nitrogens with zero attached hydrogens (tertiary/aromatic N) is 1. The Morgan fingerprint density at radius 2 is 1.83 bits per heavy atom. The first kappa shape index (κ1) is 12.9. The molecule has 0 saturated carbocycles. The van der Waals surface area contributed by atoms with Crippen molar-refractivity contribution in [3.05, 3.63) is 23.3 Å². The average Bonchev–Trinajstić information content (AvgIpc) is 2.41. The van der Waals surface area contributed by atoms with E-state index in [2.05, 4.69) is 30.6 Å². The summed E-state index contributed by atoms with van der Waals surface area (Å²) >= 11 is 0. The predicted molar refractivity (Wildman–Crippen MR) is 73.3 cm³/mol. The summed E-state index contributed by atoms with van der Waals surface area (Å²) < 4.78 is 13.2. The summed E-state index contributed by atoms with van der Waals surface area (Å²) in [5.41, 5.74) is 4.00. The largest absolute Gasteiger partial charge is 0.493 e. The van der Waals surface area contributed by atoms with E-state index in [0.29, 0.717) is 0 Å². The number of benzene rings is 1. The van der Waals surface area contributed by atoms with Crippen LogP contribution in [0.1, 0.15) is 31.4 Å². The zero-order valence-electron chi connectivity index (χ0n) is 11.7. The third-order valence-corrected chi connectivity index (χ3v) is 3.62. The molecule has 1 aliphatic heterocycles. The van der Waals surface area contributed by atoms with Crippen LogP contribution in [-0.4, -0.2) is 37.6 Å². The maximum atomic E-state index is 5.39. The van der Waals surface area contributed by atoms with Crippen LogP contribution in [0.3, 0.4) is 0 Å². The van der Waals surface area contributed by atoms with Gasteiger partial charge in [0.2, 0.25) is 0 Å². The molecule has 98 valence electrons. The van der Waals surface area contributed by atoms with Crippen LogP contribution >= 0.6 is 0 Å². The van der Waals surface area contributed by atoms with Crippen molar-refractivity contribution in [3.8, 4) is 11.5 Å². The van der Waals surface area contributed by atoms with Gasteiger partial charge in [0.15, 0.2) is 17.2 Å². The van der Waals surface area contributed by atoms with Gasteiger partial charge in [-0.25, -0.2) is 4.58 Å². The molecule has 0 aliphatic carbocycles. The minimum Gasteiger partial charge on any atom is -0.493 e. The summed E-state index contributed by atoms with van der Waals surface area (Å²) in [5.74, 6) is 1.64. The fraction of sp³-hybridized carbons (Fsp3) is 0.533. The van der Waals surface area contributed by atoms with Crippen LogP contribution in [0.5, 0.6) is 11.5 Å². The highest BCUT2D eigenvalue weighted by Gasteiger charge is 2.23. The maximum absolute atomic E-state index is 5.39. The van der Waals surface area contributed by atoms with Gasteiger partial charge in [0.1, 0.15) is 13.1 Å². The summed E-state index contributed by atoms with van der Waals surface area (Å²) in [6.45, 7) is 6.64. The molecule has 18 heavy (non-hydrogen) atoms. The molecular weight excluding hydrogens is 226 g/mol. The lowest BCUT2D eigenvalue weighted by Crippen LogP contribution is -2.29. The average molecular weight is 248 g/mol. The first-order valence-corrected chi connectivity index (χ1v) is 6.55. The van der Waals surface area contributed by atoms with Gasteiger partial charge in [0.05, 0.1) is 14.2 Å². The second kappa shape index (κ2) is 5.42. The molecule has 0 N–H and O–H groups in total. The second-order valence-corrected chi connectivity index (χ2v) is 4.69. The minimum absolute atomic E-state index is 0.814. The van der Waals surface area contributed by atoms with Crippen molar-refractivity contribution in [2.24, 2.45) is 0 Å². The zero-order chi connectivity index (χ0) is 13.1. The lowest BCUT2D eigenvalue weighted by Gasteiger charge is -2.18. The van der Waals surface area contributed by atoms with Gasteiger partial charge in [0, 0.05) is 25.3 Å². The fourth-order valence-corrected chi connectivity index (χ4v) is 2.61. The van der Waals surface area contributed by atoms with E-state index in [1.807, 2.05) is 0 Å². The Bertz CT molecular complexity index is 478. The minimum atomic E-state index is 0.814. The molecule has 0 bridgehead atoms. The van der Waals surface area contributed by atoms with Crippen molar-refractivity contribution < 1.29 is 14.0 Å². The number of fused-ring (bicyclic) bond motifs is 1. The van der Waals surface area contributed by atoms with E-state index in [-0.39, 0.29) is 0 Å². The molecular formula is C15H22NO2+. The van der Waals surface area contributed by atoms with Crippen LogP contribution in [-0.2, 0) is 6.42 Å². The molecule has 0 spiro atoms. The van der Waals surface area contributed by atoms with Gasteiger partial charge in [-0.2, -0.15) is 0 Å². The quantitative estimate of drug-likeness (QED) is 0.764. The standard InChI is InChI=1S/C15H22NO2/c1-5-7-16-8-6-12-9-14(17-3)15(18-4)10-13(12)11(16)2/h9-10H,5-8H2,1-4H3/q+1. The van der Waals surface area contributed by atoms with Crippen molar-refractivity contribution >= 4 is 5.71 Å². The van der Waals surface area contributed by atoms with E-state index < -0.39 is 0 Å². The molecule has 1 aromatic carbocycles. The van der Waals surface area contributed by atoms with Crippen molar-refractivity contribution in [2.45, 2.75) is 26.7 Å². The molecule has 1 heterocycles. The highest BCUT2D eigenvalue weighted by Crippen LogP contribution is 2.32. The normalized spacial score (nSPS) is 14.4. The second-order valence-electron chi connectivity index (χ2n) is 4.69. The molecule has 0 radical (unpaired) electrons. The molecule has 1 aromatic rings. The van der Waals surface area contributed by atoms with Gasteiger partial charge in [-0.3, -0.25) is 0 Å². The third kappa shape index (κ3) is 2.22. The van der Waals surface area contributed by atoms with Gasteiger partial charge in [-0.05, 0) is 17.7 Å². The molecule has 2 rings (SSSR count). The number of methoxy groups -OCH3 is 2. The van der Waals surface area contributed by atoms with Crippen molar-refractivity contribution in [2.75, 3.05) is 27.3 Å². The number of hydrogen-bond acceptors (Lipinski definition) is 2. The summed E-state index contributed by atoms with van der Waals surface area (Å²) in [5, 5.41) is 0. The molecule has 3 heteroatoms. The van der Waals surface area contributed by atoms with Crippen LogP contribution in [0, 0.1) is 0 Å². The third-order valence-electron chi connectivity index (χ3n) is 3.62. The van der Waals surface area contributed by atoms with E-state index >= 15 is 0 Å². The molecule has 0 amide bonds. The van der Waals surface area contributed by atoms with Gasteiger partial charge in [0.25, 0.3) is 0 Å². The Balaban J connectivity index is 2.49. The van der Waals surface area contributed by atoms with Gasteiger partial charge >= 0.3 is 0 Å². The highest BCUT2D eigenvalue weighted by molar-refractivity contribution is 5.97. The molecule has 0 fully saturated rings. The van der Waals surface area contributed by atoms with Crippen LogP contribution < -0.4 is 9.47 Å². The Morgan fingerprint density at radius 3 is 2.44 bits per heavy atom. The summed E-state index contributed by atoms with van der Waals surface area (Å²) in [7, 11) is 3.37. The van der Waals surface area contributed by atoms with E-state index in [1.165, 1.54) is 23.3 Å². The molecule has 3 nitrogen and oxygen atoms in total. The fourth-order valence-electron chi connectivity index (χ4n) is 2.61. The monoisotopic (exact) mass is 248 g/mol. The van der Waals surface area contributed by atoms with E-state index in [9.17, 15) is 0 Å². The van der Waals surface area contributed by atoms with Crippen LogP contribution in [0.15, 0.2) is 12.1 Å². The topological polar surface area (TPSA) is 21.5 Å². The number of ether oxygens (including phenoxy) is 2. The highest BCUT2D eigenvalue weighted by atomic mass is 16.5. The van der Waals surface area contributed by atoms with E-state index in [4.69, 9.17) is 9.47 Å². The van der Waals surface area contributed by atoms with Crippen molar-refractivity contribution in [1.29, 1.82) is 0 Å². The maximum Gasteiger partial charge on any atom is 0.180 e. The Hall–Kier alpha value is -1.51. The van der Waals surface area contributed by atoms with Gasteiger partial charge < -0.3 is 9.47 Å². The molecule has 0 aromatic heterocycles. The Kier molecular flexibility index (Phi) is 3.90. The van der Waals surface area contributed by atoms with Crippen LogP contribution in [0.4, 0.5) is 0 Å². The van der Waals surface area contributed by atoms with E-state index in [1.54, 1.807) is 14.2 Å². The van der Waals surface area contributed by atoms with Gasteiger partial charge in [-0.15, -0.1) is 0 Å². The smallest absolute Gasteiger partial charge is 0.180 e. The first-order valence-electron chi connectivity index (χ1n) is 6.55. The molecule has 0 saturated heterocycles. The van der Waals surface area contributed by atoms with E-state index in [0.717, 1.165) is 31.0 Å². The van der Waals surface area contributed by atoms with Crippen molar-refractivity contribution in [3.63, 3.8) is 0 Å². The molecule has 0 atom stereocenters. The SMILES string of the molecule is CCC[N+]1=C(C)c2cc(OC)c(OC)cc2CC1. The van der Waals surface area contributed by atoms with Crippen LogP contribution in [0.25, 0.3) is 0 Å². The Morgan fingerprint density at radius 1 is 1.17 bits per heavy atom. The van der Waals surface area contributed by atoms with Crippen molar-refractivity contribution in [1.82, 2.24) is 0 Å². The molecule has 0 unspecified atom stereocenters.